The summed E-state index contributed by atoms with van der Waals surface area (Å²) in [6, 6.07) is 10.0. The number of benzene rings is 1. The summed E-state index contributed by atoms with van der Waals surface area (Å²) in [6.45, 7) is 0. The lowest BCUT2D eigenvalue weighted by Crippen LogP contribution is -2.34. The van der Waals surface area contributed by atoms with E-state index in [0.717, 1.165) is 18.4 Å². The molecule has 1 fully saturated rings. The molecule has 2 aromatic rings. The Morgan fingerprint density at radius 1 is 1.14 bits per heavy atom. The first kappa shape index (κ1) is 15.0. The first-order chi connectivity index (χ1) is 10.7. The van der Waals surface area contributed by atoms with Gasteiger partial charge in [-0.15, -0.1) is 0 Å². The van der Waals surface area contributed by atoms with E-state index in [1.54, 1.807) is 0 Å². The lowest BCUT2D eigenvalue weighted by atomic mass is 10.1. The van der Waals surface area contributed by atoms with E-state index >= 15 is 0 Å². The van der Waals surface area contributed by atoms with Gasteiger partial charge in [-0.3, -0.25) is 4.79 Å². The van der Waals surface area contributed by atoms with Crippen LogP contribution in [0.4, 0.5) is 5.13 Å². The van der Waals surface area contributed by atoms with E-state index in [9.17, 15) is 4.79 Å². The Hall–Kier alpha value is -1.88. The van der Waals surface area contributed by atoms with Gasteiger partial charge in [-0.2, -0.15) is 0 Å². The Labute approximate surface area is 134 Å². The summed E-state index contributed by atoms with van der Waals surface area (Å²) < 4.78 is 0. The van der Waals surface area contributed by atoms with Crippen LogP contribution in [0.3, 0.4) is 0 Å². The number of nitrogens with two attached hydrogens (primary N) is 1. The van der Waals surface area contributed by atoms with E-state index < -0.39 is 0 Å². The van der Waals surface area contributed by atoms with Gasteiger partial charge < -0.3 is 11.1 Å². The first-order valence-corrected chi connectivity index (χ1v) is 8.68. The molecule has 116 valence electrons. The number of carbonyl (C=O) groups excluding carboxylic acids is 1. The number of hydrogen-bond donors (Lipinski definition) is 2. The Morgan fingerprint density at radius 2 is 1.82 bits per heavy atom. The summed E-state index contributed by atoms with van der Waals surface area (Å²) in [5, 5.41) is 3.61. The highest BCUT2D eigenvalue weighted by molar-refractivity contribution is 7.17. The molecule has 3 rings (SSSR count). The Morgan fingerprint density at radius 3 is 2.50 bits per heavy atom. The summed E-state index contributed by atoms with van der Waals surface area (Å²) in [5.74, 6) is -0.0417. The van der Waals surface area contributed by atoms with Gasteiger partial charge in [-0.1, -0.05) is 67.4 Å². The Balaban J connectivity index is 1.80. The lowest BCUT2D eigenvalue weighted by Gasteiger charge is -2.15. The third kappa shape index (κ3) is 3.47. The molecular formula is C17H21N3OS. The minimum Gasteiger partial charge on any atom is -0.375 e. The normalized spacial score (nSPS) is 16.2. The number of nitrogens with zero attached hydrogens (tertiary/aromatic N) is 1. The predicted molar refractivity (Wildman–Crippen MR) is 90.9 cm³/mol. The lowest BCUT2D eigenvalue weighted by molar-refractivity contribution is 0.0938. The molecule has 1 aliphatic rings. The number of amides is 1. The molecule has 3 N–H and O–H groups in total. The van der Waals surface area contributed by atoms with Crippen molar-refractivity contribution >= 4 is 22.4 Å². The zero-order valence-electron chi connectivity index (χ0n) is 12.5. The molecule has 1 aliphatic carbocycles. The van der Waals surface area contributed by atoms with Crippen molar-refractivity contribution in [3.8, 4) is 11.3 Å². The van der Waals surface area contributed by atoms with Crippen LogP contribution in [-0.4, -0.2) is 16.9 Å². The largest absolute Gasteiger partial charge is 0.375 e. The van der Waals surface area contributed by atoms with E-state index in [4.69, 9.17) is 5.73 Å². The monoisotopic (exact) mass is 315 g/mol. The number of hydrogen-bond acceptors (Lipinski definition) is 4. The van der Waals surface area contributed by atoms with E-state index in [0.29, 0.717) is 15.7 Å². The third-order valence-electron chi connectivity index (χ3n) is 4.09. The van der Waals surface area contributed by atoms with E-state index in [1.165, 1.54) is 37.0 Å². The molecule has 0 unspecified atom stereocenters. The van der Waals surface area contributed by atoms with E-state index in [1.807, 2.05) is 30.3 Å². The number of carbonyl (C=O) groups is 1. The third-order valence-corrected chi connectivity index (χ3v) is 4.97. The van der Waals surface area contributed by atoms with Crippen molar-refractivity contribution in [2.45, 2.75) is 44.6 Å². The highest BCUT2D eigenvalue weighted by Crippen LogP contribution is 2.30. The molecule has 22 heavy (non-hydrogen) atoms. The molecular weight excluding hydrogens is 294 g/mol. The van der Waals surface area contributed by atoms with Gasteiger partial charge >= 0.3 is 0 Å². The van der Waals surface area contributed by atoms with Crippen LogP contribution in [0.15, 0.2) is 30.3 Å². The van der Waals surface area contributed by atoms with Gasteiger partial charge in [0.25, 0.3) is 5.91 Å². The van der Waals surface area contributed by atoms with Gasteiger partial charge in [0, 0.05) is 11.6 Å². The molecule has 0 aliphatic heterocycles. The summed E-state index contributed by atoms with van der Waals surface area (Å²) in [5.41, 5.74) is 7.46. The molecule has 5 heteroatoms. The first-order valence-electron chi connectivity index (χ1n) is 7.86. The number of rotatable bonds is 3. The van der Waals surface area contributed by atoms with Gasteiger partial charge in [0.15, 0.2) is 5.13 Å². The number of aromatic nitrogens is 1. The van der Waals surface area contributed by atoms with Crippen LogP contribution < -0.4 is 11.1 Å². The number of nitrogen functional groups attached to an aromatic ring is 1. The van der Waals surface area contributed by atoms with Crippen molar-refractivity contribution in [2.24, 2.45) is 0 Å². The van der Waals surface area contributed by atoms with Crippen molar-refractivity contribution < 1.29 is 4.79 Å². The van der Waals surface area contributed by atoms with Crippen LogP contribution in [0.2, 0.25) is 0 Å². The highest BCUT2D eigenvalue weighted by Gasteiger charge is 2.21. The van der Waals surface area contributed by atoms with Crippen molar-refractivity contribution in [1.29, 1.82) is 0 Å². The van der Waals surface area contributed by atoms with Crippen LogP contribution >= 0.6 is 11.3 Å². The van der Waals surface area contributed by atoms with Crippen molar-refractivity contribution in [1.82, 2.24) is 10.3 Å². The fraction of sp³-hybridized carbons (Fsp3) is 0.412. The summed E-state index contributed by atoms with van der Waals surface area (Å²) >= 11 is 1.27. The molecule has 0 radical (unpaired) electrons. The van der Waals surface area contributed by atoms with Gasteiger partial charge in [0.05, 0.1) is 5.69 Å². The summed E-state index contributed by atoms with van der Waals surface area (Å²) in [4.78, 5) is 17.6. The second kappa shape index (κ2) is 6.92. The minimum absolute atomic E-state index is 0.0417. The predicted octanol–water partition coefficient (Wildman–Crippen LogP) is 3.84. The fourth-order valence-corrected chi connectivity index (χ4v) is 3.71. The van der Waals surface area contributed by atoms with Crippen molar-refractivity contribution in [2.75, 3.05) is 5.73 Å². The van der Waals surface area contributed by atoms with E-state index in [-0.39, 0.29) is 11.9 Å². The Kier molecular flexibility index (Phi) is 4.73. The second-order valence-electron chi connectivity index (χ2n) is 5.76. The highest BCUT2D eigenvalue weighted by atomic mass is 32.1. The number of anilines is 1. The molecule has 0 atom stereocenters. The average Bonchev–Trinajstić information content (AvgIpc) is 2.75. The smallest absolute Gasteiger partial charge is 0.263 e. The number of nitrogens with one attached hydrogen (secondary N) is 1. The summed E-state index contributed by atoms with van der Waals surface area (Å²) in [6.07, 6.45) is 7.08. The molecule has 0 spiro atoms. The topological polar surface area (TPSA) is 68.0 Å². The molecule has 1 amide bonds. The molecule has 1 saturated carbocycles. The van der Waals surface area contributed by atoms with Crippen molar-refractivity contribution in [3.63, 3.8) is 0 Å². The van der Waals surface area contributed by atoms with Crippen LogP contribution in [0, 0.1) is 0 Å². The van der Waals surface area contributed by atoms with Gasteiger partial charge in [0.1, 0.15) is 4.88 Å². The van der Waals surface area contributed by atoms with Crippen LogP contribution in [-0.2, 0) is 0 Å². The number of thiazole rings is 1. The standard InChI is InChI=1S/C17H21N3OS/c18-17-20-14(12-8-4-3-5-9-12)15(22-17)16(21)19-13-10-6-1-2-7-11-13/h3-5,8-9,13H,1-2,6-7,10-11H2,(H2,18,20)(H,19,21). The van der Waals surface area contributed by atoms with Crippen molar-refractivity contribution in [3.05, 3.63) is 35.2 Å². The molecule has 4 nitrogen and oxygen atoms in total. The maximum Gasteiger partial charge on any atom is 0.263 e. The molecule has 1 aromatic heterocycles. The molecule has 0 bridgehead atoms. The molecule has 1 heterocycles. The van der Waals surface area contributed by atoms with Crippen LogP contribution in [0.1, 0.15) is 48.2 Å². The zero-order chi connectivity index (χ0) is 15.4. The maximum atomic E-state index is 12.6. The maximum absolute atomic E-state index is 12.6. The molecule has 1 aromatic carbocycles. The zero-order valence-corrected chi connectivity index (χ0v) is 13.4. The summed E-state index contributed by atoms with van der Waals surface area (Å²) in [7, 11) is 0. The van der Waals surface area contributed by atoms with Crippen LogP contribution in [0.25, 0.3) is 11.3 Å². The SMILES string of the molecule is Nc1nc(-c2ccccc2)c(C(=O)NC2CCCCCC2)s1. The van der Waals surface area contributed by atoms with Gasteiger partial charge in [-0.25, -0.2) is 4.98 Å². The Bertz CT molecular complexity index is 631. The van der Waals surface area contributed by atoms with Gasteiger partial charge in [0.2, 0.25) is 0 Å². The second-order valence-corrected chi connectivity index (χ2v) is 6.79. The minimum atomic E-state index is -0.0417. The van der Waals surface area contributed by atoms with Gasteiger partial charge in [-0.05, 0) is 12.8 Å². The average molecular weight is 315 g/mol. The quantitative estimate of drug-likeness (QED) is 0.845. The molecule has 0 saturated heterocycles. The fourth-order valence-electron chi connectivity index (χ4n) is 2.96. The van der Waals surface area contributed by atoms with E-state index in [2.05, 4.69) is 10.3 Å². The van der Waals surface area contributed by atoms with Crippen LogP contribution in [0.5, 0.6) is 0 Å².